The summed E-state index contributed by atoms with van der Waals surface area (Å²) in [5, 5.41) is 3.31. The van der Waals surface area contributed by atoms with Gasteiger partial charge in [0, 0.05) is 32.2 Å². The smallest absolute Gasteiger partial charge is 0.259 e. The van der Waals surface area contributed by atoms with E-state index in [-0.39, 0.29) is 18.3 Å². The van der Waals surface area contributed by atoms with Gasteiger partial charge >= 0.3 is 0 Å². The summed E-state index contributed by atoms with van der Waals surface area (Å²) in [7, 11) is 3.35. The van der Waals surface area contributed by atoms with Crippen molar-refractivity contribution in [1.82, 2.24) is 10.2 Å². The second-order valence-corrected chi connectivity index (χ2v) is 4.98. The first-order chi connectivity index (χ1) is 9.06. The lowest BCUT2D eigenvalue weighted by molar-refractivity contribution is -0.130. The molecule has 104 valence electrons. The molecular weight excluding hydrogens is 247 g/mol. The number of nitrogens with zero attached hydrogens (tertiary/aromatic N) is 1. The summed E-state index contributed by atoms with van der Waals surface area (Å²) in [4.78, 5) is 12.9. The van der Waals surface area contributed by atoms with Gasteiger partial charge in [-0.1, -0.05) is 0 Å². The molecule has 0 atom stereocenters. The lowest BCUT2D eigenvalue weighted by atomic mass is 10.2. The number of carbonyl (C=O) groups is 1. The molecular formula is C14H19FN2O2. The van der Waals surface area contributed by atoms with Gasteiger partial charge < -0.3 is 15.0 Å². The summed E-state index contributed by atoms with van der Waals surface area (Å²) in [5.41, 5.74) is 0.749. The summed E-state index contributed by atoms with van der Waals surface area (Å²) in [6.07, 6.45) is 2.34. The zero-order chi connectivity index (χ0) is 13.8. The van der Waals surface area contributed by atoms with Crippen molar-refractivity contribution in [1.29, 1.82) is 0 Å². The highest BCUT2D eigenvalue weighted by molar-refractivity contribution is 5.77. The first-order valence-corrected chi connectivity index (χ1v) is 6.41. The van der Waals surface area contributed by atoms with Crippen molar-refractivity contribution in [2.45, 2.75) is 25.4 Å². The Balaban J connectivity index is 1.98. The van der Waals surface area contributed by atoms with Crippen LogP contribution in [0.4, 0.5) is 4.39 Å². The molecule has 0 saturated heterocycles. The molecule has 0 aliphatic heterocycles. The van der Waals surface area contributed by atoms with Crippen molar-refractivity contribution in [3.63, 3.8) is 0 Å². The molecule has 1 saturated carbocycles. The zero-order valence-electron chi connectivity index (χ0n) is 11.3. The Morgan fingerprint density at radius 1 is 1.47 bits per heavy atom. The van der Waals surface area contributed by atoms with E-state index in [1.54, 1.807) is 20.2 Å². The van der Waals surface area contributed by atoms with Gasteiger partial charge in [-0.05, 0) is 31.0 Å². The zero-order valence-corrected chi connectivity index (χ0v) is 11.3. The molecule has 1 N–H and O–H groups in total. The molecule has 0 unspecified atom stereocenters. The van der Waals surface area contributed by atoms with Gasteiger partial charge in [0.1, 0.15) is 11.6 Å². The van der Waals surface area contributed by atoms with Crippen LogP contribution in [0.3, 0.4) is 0 Å². The molecule has 1 fully saturated rings. The molecule has 0 heterocycles. The van der Waals surface area contributed by atoms with Crippen LogP contribution in [-0.4, -0.2) is 37.6 Å². The molecule has 5 heteroatoms. The Morgan fingerprint density at radius 2 is 2.21 bits per heavy atom. The second kappa shape index (κ2) is 6.02. The average Bonchev–Trinajstić information content (AvgIpc) is 3.18. The molecule has 2 rings (SSSR count). The van der Waals surface area contributed by atoms with Crippen molar-refractivity contribution < 1.29 is 13.9 Å². The number of hydrogen-bond donors (Lipinski definition) is 1. The molecule has 1 aliphatic rings. The van der Waals surface area contributed by atoms with Crippen LogP contribution in [-0.2, 0) is 11.3 Å². The van der Waals surface area contributed by atoms with Crippen LogP contribution in [0, 0.1) is 5.82 Å². The van der Waals surface area contributed by atoms with Crippen LogP contribution in [0.1, 0.15) is 18.4 Å². The van der Waals surface area contributed by atoms with Gasteiger partial charge in [-0.25, -0.2) is 4.39 Å². The SMILES string of the molecule is CN(C)C(=O)COc1ccc(F)cc1CNC1CC1. The van der Waals surface area contributed by atoms with Crippen molar-refractivity contribution >= 4 is 5.91 Å². The Labute approximate surface area is 112 Å². The topological polar surface area (TPSA) is 41.6 Å². The average molecular weight is 266 g/mol. The van der Waals surface area contributed by atoms with Crippen LogP contribution < -0.4 is 10.1 Å². The van der Waals surface area contributed by atoms with E-state index in [9.17, 15) is 9.18 Å². The highest BCUT2D eigenvalue weighted by Crippen LogP contribution is 2.23. The monoisotopic (exact) mass is 266 g/mol. The number of hydrogen-bond acceptors (Lipinski definition) is 3. The number of amides is 1. The minimum atomic E-state index is -0.293. The number of rotatable bonds is 6. The van der Waals surface area contributed by atoms with E-state index in [0.29, 0.717) is 18.3 Å². The number of carbonyl (C=O) groups excluding carboxylic acids is 1. The second-order valence-electron chi connectivity index (χ2n) is 4.98. The first kappa shape index (κ1) is 13.8. The first-order valence-electron chi connectivity index (χ1n) is 6.41. The quantitative estimate of drug-likeness (QED) is 0.849. The molecule has 0 spiro atoms. The minimum absolute atomic E-state index is 0.0327. The lowest BCUT2D eigenvalue weighted by Gasteiger charge is -2.14. The fraction of sp³-hybridized carbons (Fsp3) is 0.500. The lowest BCUT2D eigenvalue weighted by Crippen LogP contribution is -2.28. The van der Waals surface area contributed by atoms with Crippen LogP contribution >= 0.6 is 0 Å². The molecule has 4 nitrogen and oxygen atoms in total. The van der Waals surface area contributed by atoms with Gasteiger partial charge in [-0.15, -0.1) is 0 Å². The van der Waals surface area contributed by atoms with Crippen LogP contribution in [0.25, 0.3) is 0 Å². The molecule has 19 heavy (non-hydrogen) atoms. The van der Waals surface area contributed by atoms with E-state index in [4.69, 9.17) is 4.74 Å². The van der Waals surface area contributed by atoms with Crippen LogP contribution in [0.2, 0.25) is 0 Å². The predicted molar refractivity (Wildman–Crippen MR) is 70.5 cm³/mol. The third-order valence-corrected chi connectivity index (χ3v) is 3.03. The van der Waals surface area contributed by atoms with E-state index in [2.05, 4.69) is 5.32 Å². The van der Waals surface area contributed by atoms with Gasteiger partial charge in [-0.2, -0.15) is 0 Å². The summed E-state index contributed by atoms with van der Waals surface area (Å²) >= 11 is 0. The highest BCUT2D eigenvalue weighted by Gasteiger charge is 2.21. The molecule has 1 aromatic rings. The Morgan fingerprint density at radius 3 is 2.84 bits per heavy atom. The van der Waals surface area contributed by atoms with Gasteiger partial charge in [0.25, 0.3) is 5.91 Å². The maximum absolute atomic E-state index is 13.3. The Kier molecular flexibility index (Phi) is 4.37. The fourth-order valence-electron chi connectivity index (χ4n) is 1.64. The molecule has 0 radical (unpaired) electrons. The normalized spacial score (nSPS) is 14.3. The van der Waals surface area contributed by atoms with E-state index in [1.165, 1.54) is 29.9 Å². The van der Waals surface area contributed by atoms with Crippen molar-refractivity contribution in [3.05, 3.63) is 29.6 Å². The Hall–Kier alpha value is -1.62. The molecule has 1 aromatic carbocycles. The van der Waals surface area contributed by atoms with Gasteiger partial charge in [0.05, 0.1) is 0 Å². The maximum Gasteiger partial charge on any atom is 0.259 e. The molecule has 1 aliphatic carbocycles. The van der Waals surface area contributed by atoms with E-state index in [1.807, 2.05) is 0 Å². The van der Waals surface area contributed by atoms with E-state index >= 15 is 0 Å². The molecule has 0 aromatic heterocycles. The fourth-order valence-corrected chi connectivity index (χ4v) is 1.64. The van der Waals surface area contributed by atoms with Crippen molar-refractivity contribution in [2.75, 3.05) is 20.7 Å². The number of benzene rings is 1. The minimum Gasteiger partial charge on any atom is -0.483 e. The maximum atomic E-state index is 13.3. The van der Waals surface area contributed by atoms with Gasteiger partial charge in [0.15, 0.2) is 6.61 Å². The number of likely N-dealkylation sites (N-methyl/N-ethyl adjacent to an activating group) is 1. The van der Waals surface area contributed by atoms with Crippen molar-refractivity contribution in [2.24, 2.45) is 0 Å². The highest BCUT2D eigenvalue weighted by atomic mass is 19.1. The standard InChI is InChI=1S/C14H19FN2O2/c1-17(2)14(18)9-19-13-6-3-11(15)7-10(13)8-16-12-4-5-12/h3,6-7,12,16H,4-5,8-9H2,1-2H3. The largest absolute Gasteiger partial charge is 0.483 e. The molecule has 1 amide bonds. The van der Waals surface area contributed by atoms with Crippen LogP contribution in [0.15, 0.2) is 18.2 Å². The Bertz CT molecular complexity index is 459. The summed E-state index contributed by atoms with van der Waals surface area (Å²) in [6, 6.07) is 4.91. The van der Waals surface area contributed by atoms with E-state index in [0.717, 1.165) is 5.56 Å². The number of ether oxygens (including phenoxy) is 1. The van der Waals surface area contributed by atoms with E-state index < -0.39 is 0 Å². The summed E-state index contributed by atoms with van der Waals surface area (Å²) in [6.45, 7) is 0.531. The number of nitrogens with one attached hydrogen (secondary N) is 1. The van der Waals surface area contributed by atoms with Gasteiger partial charge in [0.2, 0.25) is 0 Å². The third kappa shape index (κ3) is 4.21. The third-order valence-electron chi connectivity index (χ3n) is 3.03. The van der Waals surface area contributed by atoms with Crippen LogP contribution in [0.5, 0.6) is 5.75 Å². The predicted octanol–water partition coefficient (Wildman–Crippen LogP) is 1.54. The molecule has 0 bridgehead atoms. The summed E-state index contributed by atoms with van der Waals surface area (Å²) in [5.74, 6) is 0.147. The summed E-state index contributed by atoms with van der Waals surface area (Å²) < 4.78 is 18.7. The van der Waals surface area contributed by atoms with Gasteiger partial charge in [-0.3, -0.25) is 4.79 Å². The van der Waals surface area contributed by atoms with Crippen molar-refractivity contribution in [3.8, 4) is 5.75 Å². The number of halogens is 1.